The van der Waals surface area contributed by atoms with Crippen molar-refractivity contribution in [2.45, 2.75) is 11.3 Å². The quantitative estimate of drug-likeness (QED) is 0.552. The predicted molar refractivity (Wildman–Crippen MR) is 89.7 cm³/mol. The molecule has 0 saturated carbocycles. The number of hydrogen-bond acceptors (Lipinski definition) is 8. The first-order valence-electron chi connectivity index (χ1n) is 6.02. The SMILES string of the molecule is CCSc1nnc(NC(=O)c2csc(-c3ccsc3)n2)s1. The van der Waals surface area contributed by atoms with Gasteiger partial charge in [0.15, 0.2) is 4.34 Å². The number of amides is 1. The average Bonchev–Trinajstić information content (AvgIpc) is 3.20. The number of anilines is 1. The summed E-state index contributed by atoms with van der Waals surface area (Å²) in [5, 5.41) is 17.8. The molecule has 3 aromatic rings. The van der Waals surface area contributed by atoms with Crippen molar-refractivity contribution in [3.63, 3.8) is 0 Å². The van der Waals surface area contributed by atoms with Gasteiger partial charge in [-0.2, -0.15) is 11.3 Å². The Balaban J connectivity index is 1.70. The fourth-order valence-electron chi connectivity index (χ4n) is 1.50. The minimum atomic E-state index is -0.253. The molecule has 3 heterocycles. The highest BCUT2D eigenvalue weighted by atomic mass is 32.2. The van der Waals surface area contributed by atoms with Crippen molar-refractivity contribution >= 4 is 56.8 Å². The van der Waals surface area contributed by atoms with Crippen LogP contribution in [0.25, 0.3) is 10.6 Å². The number of carbonyl (C=O) groups excluding carboxylic acids is 1. The number of hydrogen-bond donors (Lipinski definition) is 1. The van der Waals surface area contributed by atoms with E-state index >= 15 is 0 Å². The zero-order chi connectivity index (χ0) is 14.7. The molecule has 0 atom stereocenters. The molecule has 0 bridgehead atoms. The maximum absolute atomic E-state index is 12.1. The Bertz CT molecular complexity index is 734. The van der Waals surface area contributed by atoms with E-state index in [4.69, 9.17) is 0 Å². The summed E-state index contributed by atoms with van der Waals surface area (Å²) in [6.07, 6.45) is 0. The Hall–Kier alpha value is -1.29. The third-order valence-corrected chi connectivity index (χ3v) is 5.83. The highest BCUT2D eigenvalue weighted by molar-refractivity contribution is 8.01. The lowest BCUT2D eigenvalue weighted by molar-refractivity contribution is 0.102. The fraction of sp³-hybridized carbons (Fsp3) is 0.167. The molecule has 108 valence electrons. The third kappa shape index (κ3) is 3.49. The van der Waals surface area contributed by atoms with E-state index in [1.54, 1.807) is 28.5 Å². The van der Waals surface area contributed by atoms with Gasteiger partial charge in [0, 0.05) is 16.3 Å². The zero-order valence-electron chi connectivity index (χ0n) is 10.9. The Morgan fingerprint density at radius 3 is 3.05 bits per heavy atom. The number of carbonyl (C=O) groups is 1. The normalized spacial score (nSPS) is 10.7. The summed E-state index contributed by atoms with van der Waals surface area (Å²) in [6, 6.07) is 1.99. The van der Waals surface area contributed by atoms with Gasteiger partial charge in [0.05, 0.1) is 0 Å². The molecular formula is C12H10N4OS4. The maximum Gasteiger partial charge on any atom is 0.276 e. The van der Waals surface area contributed by atoms with Gasteiger partial charge in [-0.25, -0.2) is 4.98 Å². The van der Waals surface area contributed by atoms with Crippen molar-refractivity contribution in [1.82, 2.24) is 15.2 Å². The summed E-state index contributed by atoms with van der Waals surface area (Å²) in [6.45, 7) is 2.05. The second kappa shape index (κ2) is 6.65. The second-order valence-electron chi connectivity index (χ2n) is 3.81. The van der Waals surface area contributed by atoms with Crippen LogP contribution < -0.4 is 5.32 Å². The number of nitrogens with one attached hydrogen (secondary N) is 1. The average molecular weight is 355 g/mol. The van der Waals surface area contributed by atoms with Crippen molar-refractivity contribution < 1.29 is 4.79 Å². The molecule has 0 fully saturated rings. The molecule has 0 saturated heterocycles. The number of thiazole rings is 1. The first-order valence-corrected chi connectivity index (χ1v) is 9.64. The topological polar surface area (TPSA) is 67.8 Å². The number of aromatic nitrogens is 3. The molecule has 0 unspecified atom stereocenters. The zero-order valence-corrected chi connectivity index (χ0v) is 14.2. The largest absolute Gasteiger partial charge is 0.295 e. The fourth-order valence-corrected chi connectivity index (χ4v) is 4.66. The van der Waals surface area contributed by atoms with Gasteiger partial charge in [-0.15, -0.1) is 21.5 Å². The number of nitrogens with zero attached hydrogens (tertiary/aromatic N) is 3. The van der Waals surface area contributed by atoms with Crippen LogP contribution in [0.4, 0.5) is 5.13 Å². The van der Waals surface area contributed by atoms with E-state index in [0.717, 1.165) is 20.7 Å². The van der Waals surface area contributed by atoms with E-state index in [2.05, 4.69) is 20.5 Å². The molecule has 1 amide bonds. The first kappa shape index (κ1) is 14.6. The summed E-state index contributed by atoms with van der Waals surface area (Å²) in [5.74, 6) is 0.676. The van der Waals surface area contributed by atoms with Gasteiger partial charge < -0.3 is 0 Å². The van der Waals surface area contributed by atoms with Crippen LogP contribution in [-0.2, 0) is 0 Å². The molecule has 5 nitrogen and oxygen atoms in total. The molecule has 1 N–H and O–H groups in total. The van der Waals surface area contributed by atoms with Crippen molar-refractivity contribution in [2.75, 3.05) is 11.1 Å². The molecule has 0 aromatic carbocycles. The molecule has 21 heavy (non-hydrogen) atoms. The summed E-state index contributed by atoms with van der Waals surface area (Å²) in [7, 11) is 0. The van der Waals surface area contributed by atoms with Gasteiger partial charge in [0.25, 0.3) is 5.91 Å². The first-order chi connectivity index (χ1) is 10.3. The van der Waals surface area contributed by atoms with Crippen LogP contribution in [-0.4, -0.2) is 26.8 Å². The van der Waals surface area contributed by atoms with Crippen LogP contribution in [0.1, 0.15) is 17.4 Å². The molecular weight excluding hydrogens is 344 g/mol. The van der Waals surface area contributed by atoms with Gasteiger partial charge in [-0.1, -0.05) is 30.0 Å². The maximum atomic E-state index is 12.1. The molecule has 0 aliphatic heterocycles. The van der Waals surface area contributed by atoms with Gasteiger partial charge in [0.2, 0.25) is 5.13 Å². The van der Waals surface area contributed by atoms with Crippen molar-refractivity contribution in [3.8, 4) is 10.6 Å². The molecule has 0 radical (unpaired) electrons. The van der Waals surface area contributed by atoms with Gasteiger partial charge in [-0.3, -0.25) is 10.1 Å². The number of rotatable bonds is 5. The van der Waals surface area contributed by atoms with Crippen LogP contribution in [0.3, 0.4) is 0 Å². The van der Waals surface area contributed by atoms with E-state index in [-0.39, 0.29) is 5.91 Å². The van der Waals surface area contributed by atoms with Crippen molar-refractivity contribution in [2.24, 2.45) is 0 Å². The summed E-state index contributed by atoms with van der Waals surface area (Å²) < 4.78 is 0.852. The van der Waals surface area contributed by atoms with Crippen LogP contribution in [0, 0.1) is 0 Å². The Kier molecular flexibility index (Phi) is 4.63. The standard InChI is InChI=1S/C12H10N4OS4/c1-2-19-12-16-15-11(21-12)14-9(17)8-6-20-10(13-8)7-3-4-18-5-7/h3-6H,2H2,1H3,(H,14,15,17). The Morgan fingerprint density at radius 2 is 2.29 bits per heavy atom. The van der Waals surface area contributed by atoms with Crippen LogP contribution in [0.2, 0.25) is 0 Å². The number of thiophene rings is 1. The second-order valence-corrected chi connectivity index (χ2v) is 7.94. The van der Waals surface area contributed by atoms with Crippen LogP contribution in [0.5, 0.6) is 0 Å². The summed E-state index contributed by atoms with van der Waals surface area (Å²) in [4.78, 5) is 16.5. The minimum Gasteiger partial charge on any atom is -0.295 e. The smallest absolute Gasteiger partial charge is 0.276 e. The molecule has 3 aromatic heterocycles. The van der Waals surface area contributed by atoms with Crippen molar-refractivity contribution in [1.29, 1.82) is 0 Å². The van der Waals surface area contributed by atoms with Gasteiger partial charge >= 0.3 is 0 Å². The lowest BCUT2D eigenvalue weighted by Crippen LogP contribution is -2.12. The van der Waals surface area contributed by atoms with E-state index in [0.29, 0.717) is 10.8 Å². The van der Waals surface area contributed by atoms with E-state index in [1.807, 2.05) is 23.8 Å². The lowest BCUT2D eigenvalue weighted by atomic mass is 10.3. The molecule has 9 heteroatoms. The van der Waals surface area contributed by atoms with E-state index < -0.39 is 0 Å². The lowest BCUT2D eigenvalue weighted by Gasteiger charge is -1.96. The van der Waals surface area contributed by atoms with Gasteiger partial charge in [-0.05, 0) is 17.2 Å². The van der Waals surface area contributed by atoms with Crippen molar-refractivity contribution in [3.05, 3.63) is 27.9 Å². The van der Waals surface area contributed by atoms with E-state index in [1.165, 1.54) is 22.7 Å². The van der Waals surface area contributed by atoms with Crippen LogP contribution in [0.15, 0.2) is 26.5 Å². The highest BCUT2D eigenvalue weighted by Gasteiger charge is 2.14. The molecule has 0 aliphatic rings. The van der Waals surface area contributed by atoms with Gasteiger partial charge in [0.1, 0.15) is 10.7 Å². The minimum absolute atomic E-state index is 0.253. The van der Waals surface area contributed by atoms with E-state index in [9.17, 15) is 4.79 Å². The molecule has 0 aliphatic carbocycles. The number of thioether (sulfide) groups is 1. The molecule has 0 spiro atoms. The Morgan fingerprint density at radius 1 is 1.38 bits per heavy atom. The molecule has 3 rings (SSSR count). The summed E-state index contributed by atoms with van der Waals surface area (Å²) >= 11 is 6.04. The van der Waals surface area contributed by atoms with Crippen LogP contribution >= 0.6 is 45.8 Å². The predicted octanol–water partition coefficient (Wildman–Crippen LogP) is 4.09. The Labute approximate surface area is 137 Å². The third-order valence-electron chi connectivity index (χ3n) is 2.40. The summed E-state index contributed by atoms with van der Waals surface area (Å²) in [5.41, 5.74) is 1.45. The monoisotopic (exact) mass is 354 g/mol. The highest BCUT2D eigenvalue weighted by Crippen LogP contribution is 2.27.